The maximum absolute atomic E-state index is 12.7. The lowest BCUT2D eigenvalue weighted by atomic mass is 10.2. The molecule has 1 aromatic carbocycles. The first-order chi connectivity index (χ1) is 11.8. The number of amides is 1. The molecule has 0 saturated carbocycles. The number of rotatable bonds is 3. The van der Waals surface area contributed by atoms with Crippen LogP contribution in [0.4, 0.5) is 18.9 Å². The van der Waals surface area contributed by atoms with E-state index in [0.717, 1.165) is 12.3 Å². The Morgan fingerprint density at radius 2 is 1.88 bits per heavy atom. The van der Waals surface area contributed by atoms with E-state index in [1.807, 2.05) is 0 Å². The van der Waals surface area contributed by atoms with E-state index in [1.165, 1.54) is 0 Å². The summed E-state index contributed by atoms with van der Waals surface area (Å²) in [7, 11) is 0. The van der Waals surface area contributed by atoms with Gasteiger partial charge in [-0.25, -0.2) is 0 Å². The van der Waals surface area contributed by atoms with Crippen molar-refractivity contribution in [3.05, 3.63) is 52.4 Å². The second-order valence-electron chi connectivity index (χ2n) is 5.26. The molecule has 9 heteroatoms. The Balaban J connectivity index is 1.74. The van der Waals surface area contributed by atoms with Crippen molar-refractivity contribution in [2.24, 2.45) is 0 Å². The van der Waals surface area contributed by atoms with Crippen LogP contribution in [0.3, 0.4) is 0 Å². The summed E-state index contributed by atoms with van der Waals surface area (Å²) in [6.07, 6.45) is -3.65. The average Bonchev–Trinajstić information content (AvgIpc) is 2.55. The molecule has 0 fully saturated rings. The number of fused-ring (bicyclic) bond motifs is 1. The van der Waals surface area contributed by atoms with Crippen molar-refractivity contribution in [1.29, 1.82) is 0 Å². The zero-order valence-electron chi connectivity index (χ0n) is 12.8. The normalized spacial score (nSPS) is 13.4. The number of benzene rings is 1. The summed E-state index contributed by atoms with van der Waals surface area (Å²) in [5.41, 5.74) is -2.20. The van der Waals surface area contributed by atoms with Gasteiger partial charge in [-0.15, -0.1) is 0 Å². The highest BCUT2D eigenvalue weighted by atomic mass is 19.4. The Morgan fingerprint density at radius 1 is 1.16 bits per heavy atom. The molecule has 0 unspecified atom stereocenters. The van der Waals surface area contributed by atoms with Crippen LogP contribution in [0.15, 0.2) is 41.3 Å². The second-order valence-corrected chi connectivity index (χ2v) is 5.26. The van der Waals surface area contributed by atoms with E-state index in [1.54, 1.807) is 18.2 Å². The van der Waals surface area contributed by atoms with Crippen molar-refractivity contribution in [3.8, 4) is 11.5 Å². The number of carbonyl (C=O) groups excluding carboxylic acids is 1. The Hall–Kier alpha value is -2.97. The topological polar surface area (TPSA) is 69.6 Å². The second kappa shape index (κ2) is 6.50. The quantitative estimate of drug-likeness (QED) is 0.918. The fourth-order valence-corrected chi connectivity index (χ4v) is 2.35. The fraction of sp³-hybridized carbons (Fsp3) is 0.250. The number of hydrogen-bond donors (Lipinski definition) is 1. The summed E-state index contributed by atoms with van der Waals surface area (Å²) >= 11 is 0. The van der Waals surface area contributed by atoms with Gasteiger partial charge < -0.3 is 19.4 Å². The summed E-state index contributed by atoms with van der Waals surface area (Å²) in [6.45, 7) is 0.262. The van der Waals surface area contributed by atoms with Crippen molar-refractivity contribution in [3.63, 3.8) is 0 Å². The summed E-state index contributed by atoms with van der Waals surface area (Å²) in [4.78, 5) is 23.9. The fourth-order valence-electron chi connectivity index (χ4n) is 2.35. The summed E-state index contributed by atoms with van der Waals surface area (Å²) < 4.78 is 49.6. The van der Waals surface area contributed by atoms with Crippen LogP contribution < -0.4 is 20.3 Å². The molecule has 0 aliphatic carbocycles. The molecule has 1 amide bonds. The molecule has 0 radical (unpaired) electrons. The number of pyridine rings is 1. The molecular weight excluding hydrogens is 341 g/mol. The highest BCUT2D eigenvalue weighted by Gasteiger charge is 2.34. The van der Waals surface area contributed by atoms with E-state index in [0.29, 0.717) is 41.0 Å². The van der Waals surface area contributed by atoms with Crippen molar-refractivity contribution in [2.75, 3.05) is 18.5 Å². The summed E-state index contributed by atoms with van der Waals surface area (Å²) in [5.74, 6) is 0.358. The highest BCUT2D eigenvalue weighted by Crippen LogP contribution is 2.32. The Labute approximate surface area is 139 Å². The molecule has 132 valence electrons. The number of hydrogen-bond acceptors (Lipinski definition) is 4. The Morgan fingerprint density at radius 3 is 2.60 bits per heavy atom. The molecule has 0 bridgehead atoms. The molecule has 3 rings (SSSR count). The lowest BCUT2D eigenvalue weighted by Crippen LogP contribution is -2.31. The third-order valence-electron chi connectivity index (χ3n) is 3.47. The van der Waals surface area contributed by atoms with Gasteiger partial charge in [-0.2, -0.15) is 13.2 Å². The van der Waals surface area contributed by atoms with Gasteiger partial charge >= 0.3 is 6.18 Å². The number of halogens is 3. The minimum atomic E-state index is -4.77. The van der Waals surface area contributed by atoms with E-state index < -0.39 is 29.8 Å². The van der Waals surface area contributed by atoms with E-state index in [-0.39, 0.29) is 0 Å². The van der Waals surface area contributed by atoms with Gasteiger partial charge in [-0.1, -0.05) is 0 Å². The first-order valence-corrected chi connectivity index (χ1v) is 7.31. The highest BCUT2D eigenvalue weighted by molar-refractivity contribution is 5.90. The first-order valence-electron chi connectivity index (χ1n) is 7.31. The zero-order valence-corrected chi connectivity index (χ0v) is 12.8. The molecule has 25 heavy (non-hydrogen) atoms. The predicted octanol–water partition coefficient (Wildman–Crippen LogP) is 2.28. The molecule has 0 atom stereocenters. The molecule has 0 spiro atoms. The van der Waals surface area contributed by atoms with Crippen LogP contribution in [-0.2, 0) is 17.5 Å². The van der Waals surface area contributed by atoms with Gasteiger partial charge in [-0.3, -0.25) is 9.59 Å². The monoisotopic (exact) mass is 354 g/mol. The number of nitrogens with one attached hydrogen (secondary N) is 1. The number of ether oxygens (including phenoxy) is 2. The van der Waals surface area contributed by atoms with Crippen molar-refractivity contribution >= 4 is 11.6 Å². The standard InChI is InChI=1S/C16H13F3N2O4/c17-16(18,19)11-2-1-5-21(15(11)23)9-14(22)20-10-3-4-12-13(8-10)25-7-6-24-12/h1-5,8H,6-7,9H2,(H,20,22). The largest absolute Gasteiger partial charge is 0.486 e. The number of anilines is 1. The molecule has 1 N–H and O–H groups in total. The lowest BCUT2D eigenvalue weighted by Gasteiger charge is -2.19. The maximum atomic E-state index is 12.7. The summed E-state index contributed by atoms with van der Waals surface area (Å²) in [6, 6.07) is 6.47. The van der Waals surface area contributed by atoms with Crippen LogP contribution in [0, 0.1) is 0 Å². The maximum Gasteiger partial charge on any atom is 0.421 e. The van der Waals surface area contributed by atoms with Crippen LogP contribution in [0.25, 0.3) is 0 Å². The van der Waals surface area contributed by atoms with Gasteiger partial charge in [0.25, 0.3) is 5.56 Å². The minimum Gasteiger partial charge on any atom is -0.486 e. The molecule has 1 aliphatic rings. The third-order valence-corrected chi connectivity index (χ3v) is 3.47. The molecule has 0 saturated heterocycles. The van der Waals surface area contributed by atoms with Gasteiger partial charge in [0.05, 0.1) is 0 Å². The van der Waals surface area contributed by atoms with E-state index in [9.17, 15) is 22.8 Å². The minimum absolute atomic E-state index is 0.379. The number of carbonyl (C=O) groups is 1. The molecule has 2 heterocycles. The smallest absolute Gasteiger partial charge is 0.421 e. The number of nitrogens with zero attached hydrogens (tertiary/aromatic N) is 1. The molecule has 2 aromatic rings. The SMILES string of the molecule is O=C(Cn1cccc(C(F)(F)F)c1=O)Nc1ccc2c(c1)OCCO2. The van der Waals surface area contributed by atoms with Gasteiger partial charge in [0, 0.05) is 18.0 Å². The van der Waals surface area contributed by atoms with Gasteiger partial charge in [-0.05, 0) is 24.3 Å². The van der Waals surface area contributed by atoms with Crippen LogP contribution >= 0.6 is 0 Å². The van der Waals surface area contributed by atoms with Gasteiger partial charge in [0.2, 0.25) is 5.91 Å². The zero-order chi connectivity index (χ0) is 18.0. The Kier molecular flexibility index (Phi) is 4.39. The van der Waals surface area contributed by atoms with Crippen LogP contribution in [-0.4, -0.2) is 23.7 Å². The molecule has 6 nitrogen and oxygen atoms in total. The molecular formula is C16H13F3N2O4. The van der Waals surface area contributed by atoms with Crippen LogP contribution in [0.1, 0.15) is 5.56 Å². The van der Waals surface area contributed by atoms with E-state index >= 15 is 0 Å². The average molecular weight is 354 g/mol. The van der Waals surface area contributed by atoms with Crippen LogP contribution in [0.5, 0.6) is 11.5 Å². The number of alkyl halides is 3. The lowest BCUT2D eigenvalue weighted by molar-refractivity contribution is -0.139. The summed E-state index contributed by atoms with van der Waals surface area (Å²) in [5, 5.41) is 2.51. The van der Waals surface area contributed by atoms with Gasteiger partial charge in [0.1, 0.15) is 25.3 Å². The van der Waals surface area contributed by atoms with E-state index in [4.69, 9.17) is 9.47 Å². The number of aromatic nitrogens is 1. The van der Waals surface area contributed by atoms with Gasteiger partial charge in [0.15, 0.2) is 11.5 Å². The van der Waals surface area contributed by atoms with E-state index in [2.05, 4.69) is 5.32 Å². The molecule has 1 aliphatic heterocycles. The Bertz CT molecular complexity index is 861. The van der Waals surface area contributed by atoms with Crippen LogP contribution in [0.2, 0.25) is 0 Å². The first kappa shape index (κ1) is 16.9. The van der Waals surface area contributed by atoms with Crippen molar-refractivity contribution in [1.82, 2.24) is 4.57 Å². The van der Waals surface area contributed by atoms with Crippen molar-refractivity contribution in [2.45, 2.75) is 12.7 Å². The third kappa shape index (κ3) is 3.76. The predicted molar refractivity (Wildman–Crippen MR) is 81.8 cm³/mol. The molecule has 1 aromatic heterocycles. The van der Waals surface area contributed by atoms with Crippen molar-refractivity contribution < 1.29 is 27.4 Å².